The number of hydrogen-bond donors (Lipinski definition) is 0. The molecular weight excluding hydrogens is 330 g/mol. The van der Waals surface area contributed by atoms with Gasteiger partial charge in [0.05, 0.1) is 0 Å². The number of hydrogen-bond acceptors (Lipinski definition) is 4. The lowest BCUT2D eigenvalue weighted by Gasteiger charge is -2.44. The van der Waals surface area contributed by atoms with Gasteiger partial charge in [-0.15, -0.1) is 0 Å². The molecule has 6 nitrogen and oxygen atoms in total. The minimum Gasteiger partial charge on any atom is -0.447 e. The summed E-state index contributed by atoms with van der Waals surface area (Å²) in [6.07, 6.45) is 0.367. The van der Waals surface area contributed by atoms with Crippen LogP contribution in [0, 0.1) is 6.92 Å². The van der Waals surface area contributed by atoms with E-state index in [4.69, 9.17) is 4.74 Å². The van der Waals surface area contributed by atoms with Crippen molar-refractivity contribution >= 4 is 12.0 Å². The Balaban J connectivity index is 1.61. The Kier molecular flexibility index (Phi) is 4.11. The normalized spacial score (nSPS) is 22.1. The van der Waals surface area contributed by atoms with E-state index in [9.17, 15) is 9.59 Å². The van der Waals surface area contributed by atoms with Gasteiger partial charge in [-0.25, -0.2) is 9.78 Å². The Morgan fingerprint density at radius 2 is 1.96 bits per heavy atom. The van der Waals surface area contributed by atoms with Crippen LogP contribution in [0.2, 0.25) is 0 Å². The molecule has 2 aliphatic heterocycles. The zero-order chi connectivity index (χ0) is 18.1. The summed E-state index contributed by atoms with van der Waals surface area (Å²) in [4.78, 5) is 33.1. The molecule has 2 amide bonds. The van der Waals surface area contributed by atoms with Crippen molar-refractivity contribution in [1.82, 2.24) is 14.8 Å². The molecule has 26 heavy (non-hydrogen) atoms. The highest BCUT2D eigenvalue weighted by atomic mass is 16.6. The van der Waals surface area contributed by atoms with Gasteiger partial charge in [0, 0.05) is 31.7 Å². The summed E-state index contributed by atoms with van der Waals surface area (Å²) >= 11 is 0. The van der Waals surface area contributed by atoms with Gasteiger partial charge in [0.25, 0.3) is 5.91 Å². The van der Waals surface area contributed by atoms with Gasteiger partial charge in [0.2, 0.25) is 0 Å². The lowest BCUT2D eigenvalue weighted by Crippen LogP contribution is -2.63. The van der Waals surface area contributed by atoms with Crippen molar-refractivity contribution in [3.63, 3.8) is 0 Å². The van der Waals surface area contributed by atoms with Crippen molar-refractivity contribution in [3.05, 3.63) is 65.5 Å². The van der Waals surface area contributed by atoms with Crippen molar-refractivity contribution in [2.75, 3.05) is 26.2 Å². The van der Waals surface area contributed by atoms with Crippen molar-refractivity contribution < 1.29 is 14.3 Å². The lowest BCUT2D eigenvalue weighted by atomic mass is 9.88. The Labute approximate surface area is 152 Å². The number of cyclic esters (lactones) is 1. The van der Waals surface area contributed by atoms with Crippen molar-refractivity contribution in [2.24, 2.45) is 0 Å². The van der Waals surface area contributed by atoms with E-state index in [1.165, 1.54) is 0 Å². The van der Waals surface area contributed by atoms with Gasteiger partial charge in [0.1, 0.15) is 17.8 Å². The molecule has 0 N–H and O–H groups in total. The molecular formula is C20H21N3O3. The highest BCUT2D eigenvalue weighted by Crippen LogP contribution is 2.32. The lowest BCUT2D eigenvalue weighted by molar-refractivity contribution is 0.0371. The molecule has 2 aromatic rings. The third-order valence-corrected chi connectivity index (χ3v) is 5.11. The van der Waals surface area contributed by atoms with Gasteiger partial charge < -0.3 is 9.64 Å². The Hall–Kier alpha value is -2.89. The largest absolute Gasteiger partial charge is 0.447 e. The number of ether oxygens (including phenoxy) is 1. The van der Waals surface area contributed by atoms with Gasteiger partial charge in [0.15, 0.2) is 0 Å². The summed E-state index contributed by atoms with van der Waals surface area (Å²) in [7, 11) is 0. The second kappa shape index (κ2) is 6.44. The number of aromatic nitrogens is 1. The summed E-state index contributed by atoms with van der Waals surface area (Å²) in [5.41, 5.74) is 1.86. The molecule has 0 aliphatic carbocycles. The van der Waals surface area contributed by atoms with Crippen LogP contribution in [0.3, 0.4) is 0 Å². The van der Waals surface area contributed by atoms with Gasteiger partial charge in [-0.1, -0.05) is 36.4 Å². The maximum Gasteiger partial charge on any atom is 0.410 e. The minimum atomic E-state index is -0.518. The summed E-state index contributed by atoms with van der Waals surface area (Å²) in [6, 6.07) is 15.5. The molecule has 0 spiro atoms. The molecule has 0 radical (unpaired) electrons. The van der Waals surface area contributed by atoms with Crippen LogP contribution >= 0.6 is 0 Å². The number of carbonyl (C=O) groups excluding carboxylic acids is 2. The third-order valence-electron chi connectivity index (χ3n) is 5.11. The molecule has 6 heteroatoms. The van der Waals surface area contributed by atoms with E-state index < -0.39 is 5.54 Å². The van der Waals surface area contributed by atoms with E-state index in [0.29, 0.717) is 38.4 Å². The zero-order valence-electron chi connectivity index (χ0n) is 14.7. The molecule has 2 fully saturated rings. The predicted octanol–water partition coefficient (Wildman–Crippen LogP) is 2.28. The number of amides is 2. The van der Waals surface area contributed by atoms with Crippen LogP contribution in [0.25, 0.3) is 0 Å². The number of carbonyl (C=O) groups is 2. The van der Waals surface area contributed by atoms with Gasteiger partial charge in [-0.3, -0.25) is 9.69 Å². The van der Waals surface area contributed by atoms with Crippen molar-refractivity contribution in [3.8, 4) is 0 Å². The topological polar surface area (TPSA) is 62.7 Å². The average molecular weight is 351 g/mol. The average Bonchev–Trinajstić information content (AvgIpc) is 2.98. The smallest absolute Gasteiger partial charge is 0.410 e. The van der Waals surface area contributed by atoms with Crippen LogP contribution in [-0.2, 0) is 11.2 Å². The van der Waals surface area contributed by atoms with Crippen LogP contribution in [0.1, 0.15) is 21.7 Å². The van der Waals surface area contributed by atoms with Crippen LogP contribution in [-0.4, -0.2) is 58.6 Å². The van der Waals surface area contributed by atoms with E-state index in [-0.39, 0.29) is 12.0 Å². The van der Waals surface area contributed by atoms with Gasteiger partial charge in [-0.2, -0.15) is 0 Å². The predicted molar refractivity (Wildman–Crippen MR) is 95.8 cm³/mol. The maximum atomic E-state index is 12.9. The highest BCUT2D eigenvalue weighted by molar-refractivity contribution is 5.92. The number of piperazine rings is 1. The number of benzene rings is 1. The fourth-order valence-electron chi connectivity index (χ4n) is 3.84. The Bertz CT molecular complexity index is 839. The molecule has 3 heterocycles. The molecule has 2 saturated heterocycles. The molecule has 1 atom stereocenters. The molecule has 0 saturated carbocycles. The highest BCUT2D eigenvalue weighted by Gasteiger charge is 2.51. The third kappa shape index (κ3) is 2.92. The molecule has 0 bridgehead atoms. The Morgan fingerprint density at radius 1 is 1.15 bits per heavy atom. The SMILES string of the molecule is Cc1cccc(C(=O)N2CCN3C(=O)OCC3(Cc3ccccc3)C2)n1. The number of rotatable bonds is 3. The molecule has 1 aromatic heterocycles. The number of aryl methyl sites for hydroxylation is 1. The van der Waals surface area contributed by atoms with E-state index in [1.807, 2.05) is 49.4 Å². The van der Waals surface area contributed by atoms with Gasteiger partial charge in [-0.05, 0) is 24.6 Å². The van der Waals surface area contributed by atoms with Gasteiger partial charge >= 0.3 is 6.09 Å². The first-order valence-corrected chi connectivity index (χ1v) is 8.79. The molecule has 4 rings (SSSR count). The summed E-state index contributed by atoms with van der Waals surface area (Å²) in [5.74, 6) is -0.0971. The molecule has 2 aliphatic rings. The maximum absolute atomic E-state index is 12.9. The van der Waals surface area contributed by atoms with Crippen LogP contribution in [0.5, 0.6) is 0 Å². The fraction of sp³-hybridized carbons (Fsp3) is 0.350. The van der Waals surface area contributed by atoms with E-state index in [1.54, 1.807) is 15.9 Å². The van der Waals surface area contributed by atoms with E-state index in [2.05, 4.69) is 4.98 Å². The number of fused-ring (bicyclic) bond motifs is 1. The molecule has 1 unspecified atom stereocenters. The summed E-state index contributed by atoms with van der Waals surface area (Å²) in [6.45, 7) is 3.58. The van der Waals surface area contributed by atoms with E-state index >= 15 is 0 Å². The monoisotopic (exact) mass is 351 g/mol. The first-order chi connectivity index (χ1) is 12.6. The first-order valence-electron chi connectivity index (χ1n) is 8.79. The molecule has 134 valence electrons. The van der Waals surface area contributed by atoms with E-state index in [0.717, 1.165) is 11.3 Å². The summed E-state index contributed by atoms with van der Waals surface area (Å²) < 4.78 is 5.36. The second-order valence-electron chi connectivity index (χ2n) is 6.98. The quantitative estimate of drug-likeness (QED) is 0.851. The van der Waals surface area contributed by atoms with Crippen LogP contribution in [0.15, 0.2) is 48.5 Å². The fourth-order valence-corrected chi connectivity index (χ4v) is 3.84. The number of pyridine rings is 1. The minimum absolute atomic E-state index is 0.0971. The van der Waals surface area contributed by atoms with Crippen molar-refractivity contribution in [2.45, 2.75) is 18.9 Å². The first kappa shape index (κ1) is 16.6. The Morgan fingerprint density at radius 3 is 2.73 bits per heavy atom. The summed E-state index contributed by atoms with van der Waals surface area (Å²) in [5, 5.41) is 0. The van der Waals surface area contributed by atoms with Crippen LogP contribution in [0.4, 0.5) is 4.79 Å². The van der Waals surface area contributed by atoms with Crippen LogP contribution < -0.4 is 0 Å². The van der Waals surface area contributed by atoms with Crippen molar-refractivity contribution in [1.29, 1.82) is 0 Å². The standard InChI is InChI=1S/C20H21N3O3/c1-15-6-5-9-17(21-15)18(24)22-10-11-23-19(25)26-14-20(23,13-22)12-16-7-3-2-4-8-16/h2-9H,10-14H2,1H3. The molecule has 1 aromatic carbocycles. The number of nitrogens with zero attached hydrogens (tertiary/aromatic N) is 3. The second-order valence-corrected chi connectivity index (χ2v) is 6.98. The zero-order valence-corrected chi connectivity index (χ0v) is 14.7.